The van der Waals surface area contributed by atoms with Crippen molar-refractivity contribution in [1.82, 2.24) is 29.4 Å². The Bertz CT molecular complexity index is 1670. The van der Waals surface area contributed by atoms with Crippen LogP contribution in [0.4, 0.5) is 5.82 Å². The van der Waals surface area contributed by atoms with Gasteiger partial charge in [0.2, 0.25) is 5.78 Å². The largest absolute Gasteiger partial charge is 0.486 e. The fourth-order valence-corrected chi connectivity index (χ4v) is 4.31. The number of benzene rings is 2. The van der Waals surface area contributed by atoms with Gasteiger partial charge in [0, 0.05) is 23.6 Å². The molecule has 1 aliphatic carbocycles. The summed E-state index contributed by atoms with van der Waals surface area (Å²) in [7, 11) is 0. The number of nitrogens with two attached hydrogens (primary N) is 1. The van der Waals surface area contributed by atoms with E-state index in [2.05, 4.69) is 20.2 Å². The van der Waals surface area contributed by atoms with Crippen molar-refractivity contribution in [2.45, 2.75) is 25.4 Å². The van der Waals surface area contributed by atoms with Crippen molar-refractivity contribution >= 4 is 29.1 Å². The normalized spacial score (nSPS) is 13.2. The number of aromatic nitrogens is 6. The van der Waals surface area contributed by atoms with Crippen LogP contribution in [-0.2, 0) is 6.61 Å². The van der Waals surface area contributed by atoms with Gasteiger partial charge in [-0.1, -0.05) is 48.0 Å². The van der Waals surface area contributed by atoms with Crippen LogP contribution in [0.15, 0.2) is 65.5 Å². The van der Waals surface area contributed by atoms with E-state index in [1.807, 2.05) is 30.3 Å². The van der Waals surface area contributed by atoms with Gasteiger partial charge in [-0.2, -0.15) is 14.2 Å². The molecule has 0 bridgehead atoms. The lowest BCUT2D eigenvalue weighted by Crippen LogP contribution is -2.19. The molecule has 1 fully saturated rings. The standard InChI is InChI=1S/C25H20ClN7O3/c26-17-7-4-8-19(22(17)24(35)32-18(14-9-10-14)12-20(27)30-32)36-13-16-11-21(34)33-25(28-16)29-23(31-33)15-5-2-1-3-6-15/h1-8,11-12,14H,9-10,13H2,(H2,27,30)(H,28,29,31). The fourth-order valence-electron chi connectivity index (χ4n) is 4.06. The predicted molar refractivity (Wildman–Crippen MR) is 133 cm³/mol. The number of nitrogens with zero attached hydrogens (tertiary/aromatic N) is 5. The molecular weight excluding hydrogens is 482 g/mol. The summed E-state index contributed by atoms with van der Waals surface area (Å²) in [5.74, 6) is 1.07. The molecule has 0 aliphatic heterocycles. The van der Waals surface area contributed by atoms with Crippen molar-refractivity contribution in [2.75, 3.05) is 5.73 Å². The van der Waals surface area contributed by atoms with Crippen LogP contribution in [0.2, 0.25) is 5.02 Å². The van der Waals surface area contributed by atoms with Crippen molar-refractivity contribution in [2.24, 2.45) is 0 Å². The van der Waals surface area contributed by atoms with Crippen LogP contribution in [0.3, 0.4) is 0 Å². The molecule has 1 aliphatic rings. The Kier molecular flexibility index (Phi) is 5.30. The summed E-state index contributed by atoms with van der Waals surface area (Å²) in [6, 6.07) is 17.4. The summed E-state index contributed by atoms with van der Waals surface area (Å²) in [5, 5.41) is 8.70. The smallest absolute Gasteiger partial charge is 0.283 e. The van der Waals surface area contributed by atoms with Gasteiger partial charge in [-0.3, -0.25) is 9.59 Å². The number of nitrogens with one attached hydrogen (secondary N) is 1. The van der Waals surface area contributed by atoms with E-state index in [0.717, 1.165) is 24.1 Å². The van der Waals surface area contributed by atoms with E-state index in [0.29, 0.717) is 11.5 Å². The molecule has 3 heterocycles. The van der Waals surface area contributed by atoms with Gasteiger partial charge >= 0.3 is 0 Å². The number of anilines is 1. The summed E-state index contributed by atoms with van der Waals surface area (Å²) in [6.07, 6.45) is 1.96. The molecule has 1 saturated carbocycles. The number of carbonyl (C=O) groups excluding carboxylic acids is 1. The number of rotatable bonds is 6. The van der Waals surface area contributed by atoms with Gasteiger partial charge in [0.1, 0.15) is 23.7 Å². The van der Waals surface area contributed by atoms with E-state index in [-0.39, 0.29) is 46.0 Å². The average molecular weight is 502 g/mol. The third-order valence-corrected chi connectivity index (χ3v) is 6.25. The monoisotopic (exact) mass is 501 g/mol. The molecular formula is C25H20ClN7O3. The van der Waals surface area contributed by atoms with Gasteiger partial charge in [-0.05, 0) is 25.0 Å². The van der Waals surface area contributed by atoms with E-state index < -0.39 is 5.91 Å². The highest BCUT2D eigenvalue weighted by atomic mass is 35.5. The summed E-state index contributed by atoms with van der Waals surface area (Å²) in [5.41, 5.74) is 7.69. The van der Waals surface area contributed by atoms with Crippen LogP contribution >= 0.6 is 11.6 Å². The van der Waals surface area contributed by atoms with Gasteiger partial charge in [-0.25, -0.2) is 0 Å². The number of carbonyl (C=O) groups is 1. The van der Waals surface area contributed by atoms with Crippen LogP contribution < -0.4 is 16.0 Å². The maximum Gasteiger partial charge on any atom is 0.283 e. The lowest BCUT2D eigenvalue weighted by atomic mass is 10.1. The molecule has 10 nitrogen and oxygen atoms in total. The van der Waals surface area contributed by atoms with Gasteiger partial charge in [0.15, 0.2) is 5.82 Å². The molecule has 0 atom stereocenters. The van der Waals surface area contributed by atoms with Crippen LogP contribution in [0.1, 0.15) is 40.5 Å². The van der Waals surface area contributed by atoms with Crippen LogP contribution in [0, 0.1) is 0 Å². The summed E-state index contributed by atoms with van der Waals surface area (Å²) in [6.45, 7) is -0.0311. The van der Waals surface area contributed by atoms with Gasteiger partial charge in [-0.15, -0.1) is 10.2 Å². The zero-order valence-electron chi connectivity index (χ0n) is 18.9. The quantitative estimate of drug-likeness (QED) is 0.362. The minimum Gasteiger partial charge on any atom is -0.486 e. The van der Waals surface area contributed by atoms with Gasteiger partial charge in [0.25, 0.3) is 11.5 Å². The lowest BCUT2D eigenvalue weighted by Gasteiger charge is -2.13. The van der Waals surface area contributed by atoms with E-state index in [1.165, 1.54) is 15.3 Å². The minimum absolute atomic E-state index is 0.0311. The zero-order chi connectivity index (χ0) is 24.8. The molecule has 36 heavy (non-hydrogen) atoms. The first-order valence-electron chi connectivity index (χ1n) is 11.3. The molecule has 0 radical (unpaired) electrons. The number of aromatic amines is 1. The number of hydrogen-bond donors (Lipinski definition) is 2. The molecule has 11 heteroatoms. The third-order valence-electron chi connectivity index (χ3n) is 5.93. The Labute approximate surface area is 209 Å². The Morgan fingerprint density at radius 1 is 1.11 bits per heavy atom. The first kappa shape index (κ1) is 22.1. The van der Waals surface area contributed by atoms with Crippen LogP contribution in [-0.4, -0.2) is 35.3 Å². The van der Waals surface area contributed by atoms with Crippen molar-refractivity contribution in [1.29, 1.82) is 0 Å². The van der Waals surface area contributed by atoms with Gasteiger partial charge < -0.3 is 15.5 Å². The molecule has 6 rings (SSSR count). The second-order valence-electron chi connectivity index (χ2n) is 8.56. The SMILES string of the molecule is Nc1cc(C2CC2)n(C(=O)c2c(Cl)cccc2OCc2cc(=O)n3nc(-c4ccccc4)nc3[nH]2)n1. The second-order valence-corrected chi connectivity index (χ2v) is 8.96. The molecule has 0 unspecified atom stereocenters. The number of H-pyrrole nitrogens is 1. The Morgan fingerprint density at radius 2 is 1.92 bits per heavy atom. The van der Waals surface area contributed by atoms with Crippen molar-refractivity contribution < 1.29 is 9.53 Å². The van der Waals surface area contributed by atoms with E-state index in [1.54, 1.807) is 24.3 Å². The number of halogens is 1. The fraction of sp³-hybridized carbons (Fsp3) is 0.160. The maximum absolute atomic E-state index is 13.4. The zero-order valence-corrected chi connectivity index (χ0v) is 19.6. The number of hydrogen-bond acceptors (Lipinski definition) is 7. The first-order chi connectivity index (χ1) is 17.5. The highest BCUT2D eigenvalue weighted by Crippen LogP contribution is 2.41. The molecule has 0 amide bonds. The highest BCUT2D eigenvalue weighted by Gasteiger charge is 2.31. The maximum atomic E-state index is 13.4. The molecule has 180 valence electrons. The topological polar surface area (TPSA) is 133 Å². The average Bonchev–Trinajstić information content (AvgIpc) is 3.51. The Hall–Kier alpha value is -4.44. The summed E-state index contributed by atoms with van der Waals surface area (Å²) >= 11 is 6.42. The van der Waals surface area contributed by atoms with Crippen molar-refractivity contribution in [3.8, 4) is 17.1 Å². The lowest BCUT2D eigenvalue weighted by molar-refractivity contribution is 0.0937. The first-order valence-corrected chi connectivity index (χ1v) is 11.7. The van der Waals surface area contributed by atoms with Gasteiger partial charge in [0.05, 0.1) is 16.4 Å². The second kappa shape index (κ2) is 8.65. The molecule has 0 saturated heterocycles. The van der Waals surface area contributed by atoms with Crippen molar-refractivity contribution in [3.05, 3.63) is 93.0 Å². The van der Waals surface area contributed by atoms with E-state index in [4.69, 9.17) is 22.1 Å². The predicted octanol–water partition coefficient (Wildman–Crippen LogP) is 3.66. The molecule has 3 aromatic heterocycles. The Morgan fingerprint density at radius 3 is 2.69 bits per heavy atom. The number of nitrogen functional groups attached to an aromatic ring is 1. The minimum atomic E-state index is -0.428. The molecule has 0 spiro atoms. The molecule has 3 N–H and O–H groups in total. The van der Waals surface area contributed by atoms with E-state index >= 15 is 0 Å². The van der Waals surface area contributed by atoms with E-state index in [9.17, 15) is 9.59 Å². The van der Waals surface area contributed by atoms with Crippen molar-refractivity contribution in [3.63, 3.8) is 0 Å². The summed E-state index contributed by atoms with van der Waals surface area (Å²) in [4.78, 5) is 33.6. The molecule has 2 aromatic carbocycles. The Balaban J connectivity index is 1.30. The number of fused-ring (bicyclic) bond motifs is 1. The summed E-state index contributed by atoms with van der Waals surface area (Å²) < 4.78 is 8.46. The molecule has 5 aromatic rings. The third kappa shape index (κ3) is 4.01. The van der Waals surface area contributed by atoms with Crippen LogP contribution in [0.25, 0.3) is 17.2 Å². The number of ether oxygens (including phenoxy) is 1. The van der Waals surface area contributed by atoms with Crippen LogP contribution in [0.5, 0.6) is 5.75 Å². The highest BCUT2D eigenvalue weighted by molar-refractivity contribution is 6.34.